The molecule has 0 bridgehead atoms. The second kappa shape index (κ2) is 7.97. The van der Waals surface area contributed by atoms with Crippen molar-refractivity contribution >= 4 is 21.8 Å². The Hall–Kier alpha value is -1.93. The Morgan fingerprint density at radius 3 is 2.20 bits per heavy atom. The monoisotopic (exact) mass is 367 g/mol. The molecule has 1 aromatic rings. The topological polar surface area (TPSA) is 78.0 Å². The van der Waals surface area contributed by atoms with Gasteiger partial charge in [-0.3, -0.25) is 4.79 Å². The van der Waals surface area contributed by atoms with Gasteiger partial charge in [0.15, 0.2) is 5.78 Å². The van der Waals surface area contributed by atoms with Crippen LogP contribution >= 0.6 is 0 Å². The maximum absolute atomic E-state index is 12.8. The lowest BCUT2D eigenvalue weighted by Gasteiger charge is -2.36. The first-order chi connectivity index (χ1) is 11.8. The van der Waals surface area contributed by atoms with Crippen LogP contribution in [0.5, 0.6) is 0 Å². The standard InChI is InChI=1S/C17H25N3O4S/c1-4-18(5-2)17(22)19-9-11-20(12-10-19)25(23,24)16-8-6-7-15(13-16)14(3)21/h6-8,13H,4-5,9-12H2,1-3H3. The van der Waals surface area contributed by atoms with Gasteiger partial charge in [-0.2, -0.15) is 4.31 Å². The van der Waals surface area contributed by atoms with Crippen LogP contribution in [0.1, 0.15) is 31.1 Å². The third-order valence-corrected chi connectivity index (χ3v) is 6.32. The Bertz CT molecular complexity index is 736. The Labute approximate surface area is 149 Å². The van der Waals surface area contributed by atoms with Crippen molar-refractivity contribution in [2.24, 2.45) is 0 Å². The molecule has 0 atom stereocenters. The van der Waals surface area contributed by atoms with Crippen molar-refractivity contribution in [2.75, 3.05) is 39.3 Å². The van der Waals surface area contributed by atoms with Crippen molar-refractivity contribution in [2.45, 2.75) is 25.7 Å². The number of amides is 2. The molecule has 1 heterocycles. The van der Waals surface area contributed by atoms with Gasteiger partial charge in [0.05, 0.1) is 4.90 Å². The summed E-state index contributed by atoms with van der Waals surface area (Å²) in [5.41, 5.74) is 0.372. The third-order valence-electron chi connectivity index (χ3n) is 4.42. The SMILES string of the molecule is CCN(CC)C(=O)N1CCN(S(=O)(=O)c2cccc(C(C)=O)c2)CC1. The molecular weight excluding hydrogens is 342 g/mol. The first kappa shape index (κ1) is 19.4. The predicted molar refractivity (Wildman–Crippen MR) is 95.1 cm³/mol. The van der Waals surface area contributed by atoms with Crippen LogP contribution in [-0.4, -0.2) is 73.6 Å². The summed E-state index contributed by atoms with van der Waals surface area (Å²) >= 11 is 0. The molecular formula is C17H25N3O4S. The first-order valence-corrected chi connectivity index (χ1v) is 9.90. The summed E-state index contributed by atoms with van der Waals surface area (Å²) in [6.45, 7) is 7.73. The van der Waals surface area contributed by atoms with E-state index in [0.29, 0.717) is 31.7 Å². The maximum atomic E-state index is 12.8. The van der Waals surface area contributed by atoms with Crippen LogP contribution < -0.4 is 0 Å². The zero-order valence-corrected chi connectivity index (χ0v) is 15.8. The number of nitrogens with zero attached hydrogens (tertiary/aromatic N) is 3. The van der Waals surface area contributed by atoms with Crippen molar-refractivity contribution in [3.63, 3.8) is 0 Å². The van der Waals surface area contributed by atoms with Crippen LogP contribution in [0, 0.1) is 0 Å². The predicted octanol–water partition coefficient (Wildman–Crippen LogP) is 1.66. The summed E-state index contributed by atoms with van der Waals surface area (Å²) < 4.78 is 26.9. The average molecular weight is 367 g/mol. The number of piperazine rings is 1. The van der Waals surface area contributed by atoms with Crippen LogP contribution in [0.4, 0.5) is 4.79 Å². The quantitative estimate of drug-likeness (QED) is 0.742. The summed E-state index contributed by atoms with van der Waals surface area (Å²) in [4.78, 5) is 27.4. The highest BCUT2D eigenvalue weighted by Gasteiger charge is 2.31. The average Bonchev–Trinajstić information content (AvgIpc) is 2.62. The van der Waals surface area contributed by atoms with Gasteiger partial charge in [-0.05, 0) is 32.9 Å². The minimum absolute atomic E-state index is 0.0550. The second-order valence-corrected chi connectivity index (χ2v) is 7.87. The van der Waals surface area contributed by atoms with Gasteiger partial charge in [-0.15, -0.1) is 0 Å². The van der Waals surface area contributed by atoms with Crippen molar-refractivity contribution in [1.29, 1.82) is 0 Å². The Kier molecular flexibility index (Phi) is 6.18. The lowest BCUT2D eigenvalue weighted by molar-refractivity contribution is 0.101. The smallest absolute Gasteiger partial charge is 0.320 e. The van der Waals surface area contributed by atoms with Gasteiger partial charge >= 0.3 is 6.03 Å². The maximum Gasteiger partial charge on any atom is 0.320 e. The summed E-state index contributed by atoms with van der Waals surface area (Å²) in [5, 5.41) is 0. The van der Waals surface area contributed by atoms with Gasteiger partial charge in [0.2, 0.25) is 10.0 Å². The second-order valence-electron chi connectivity index (χ2n) is 5.93. The van der Waals surface area contributed by atoms with Gasteiger partial charge in [-0.1, -0.05) is 12.1 Å². The molecule has 1 saturated heterocycles. The number of carbonyl (C=O) groups excluding carboxylic acids is 2. The number of rotatable bonds is 5. The van der Waals surface area contributed by atoms with E-state index in [4.69, 9.17) is 0 Å². The third kappa shape index (κ3) is 4.19. The number of sulfonamides is 1. The van der Waals surface area contributed by atoms with E-state index >= 15 is 0 Å². The summed E-state index contributed by atoms with van der Waals surface area (Å²) in [7, 11) is -3.67. The van der Waals surface area contributed by atoms with Crippen molar-refractivity contribution < 1.29 is 18.0 Å². The fourth-order valence-electron chi connectivity index (χ4n) is 2.84. The number of ketones is 1. The fraction of sp³-hybridized carbons (Fsp3) is 0.529. The number of hydrogen-bond donors (Lipinski definition) is 0. The van der Waals surface area contributed by atoms with Crippen molar-refractivity contribution in [1.82, 2.24) is 14.1 Å². The highest BCUT2D eigenvalue weighted by Crippen LogP contribution is 2.19. The van der Waals surface area contributed by atoms with Crippen LogP contribution in [-0.2, 0) is 10.0 Å². The molecule has 0 aliphatic carbocycles. The zero-order chi connectivity index (χ0) is 18.6. The Balaban J connectivity index is 2.10. The van der Waals surface area contributed by atoms with E-state index in [1.807, 2.05) is 13.8 Å². The van der Waals surface area contributed by atoms with Gasteiger partial charge in [-0.25, -0.2) is 13.2 Å². The normalized spacial score (nSPS) is 15.9. The highest BCUT2D eigenvalue weighted by molar-refractivity contribution is 7.89. The van der Waals surface area contributed by atoms with Crippen LogP contribution in [0.25, 0.3) is 0 Å². The van der Waals surface area contributed by atoms with Crippen LogP contribution in [0.2, 0.25) is 0 Å². The summed E-state index contributed by atoms with van der Waals surface area (Å²) in [5.74, 6) is -0.174. The molecule has 0 spiro atoms. The molecule has 1 fully saturated rings. The molecule has 0 aromatic heterocycles. The summed E-state index contributed by atoms with van der Waals surface area (Å²) in [6.07, 6.45) is 0. The van der Waals surface area contributed by atoms with Crippen LogP contribution in [0.3, 0.4) is 0 Å². The molecule has 2 rings (SSSR count). The highest BCUT2D eigenvalue weighted by atomic mass is 32.2. The molecule has 8 heteroatoms. The minimum atomic E-state index is -3.67. The lowest BCUT2D eigenvalue weighted by atomic mass is 10.2. The Morgan fingerprint density at radius 2 is 1.68 bits per heavy atom. The zero-order valence-electron chi connectivity index (χ0n) is 14.9. The molecule has 0 N–H and O–H groups in total. The fourth-order valence-corrected chi connectivity index (χ4v) is 4.31. The van der Waals surface area contributed by atoms with E-state index in [-0.39, 0.29) is 29.8 Å². The molecule has 2 amide bonds. The lowest BCUT2D eigenvalue weighted by Crippen LogP contribution is -2.53. The van der Waals surface area contributed by atoms with Crippen LogP contribution in [0.15, 0.2) is 29.2 Å². The molecule has 1 aromatic carbocycles. The Morgan fingerprint density at radius 1 is 1.08 bits per heavy atom. The van der Waals surface area contributed by atoms with E-state index < -0.39 is 10.0 Å². The van der Waals surface area contributed by atoms with Gasteiger partial charge in [0, 0.05) is 44.8 Å². The number of hydrogen-bond acceptors (Lipinski definition) is 4. The number of carbonyl (C=O) groups is 2. The molecule has 7 nitrogen and oxygen atoms in total. The molecule has 1 aliphatic heterocycles. The van der Waals surface area contributed by atoms with E-state index in [0.717, 1.165) is 0 Å². The molecule has 0 saturated carbocycles. The molecule has 138 valence electrons. The van der Waals surface area contributed by atoms with E-state index in [1.165, 1.54) is 23.4 Å². The van der Waals surface area contributed by atoms with E-state index in [9.17, 15) is 18.0 Å². The largest absolute Gasteiger partial charge is 0.325 e. The minimum Gasteiger partial charge on any atom is -0.325 e. The number of urea groups is 1. The summed E-state index contributed by atoms with van der Waals surface area (Å²) in [6, 6.07) is 6.02. The molecule has 25 heavy (non-hydrogen) atoms. The molecule has 1 aliphatic rings. The van der Waals surface area contributed by atoms with Gasteiger partial charge < -0.3 is 9.80 Å². The van der Waals surface area contributed by atoms with E-state index in [2.05, 4.69) is 0 Å². The van der Waals surface area contributed by atoms with E-state index in [1.54, 1.807) is 21.9 Å². The molecule has 0 radical (unpaired) electrons. The first-order valence-electron chi connectivity index (χ1n) is 8.46. The molecule has 0 unspecified atom stereocenters. The van der Waals surface area contributed by atoms with Gasteiger partial charge in [0.25, 0.3) is 0 Å². The van der Waals surface area contributed by atoms with Gasteiger partial charge in [0.1, 0.15) is 0 Å². The number of benzene rings is 1. The van der Waals surface area contributed by atoms with Crippen molar-refractivity contribution in [3.8, 4) is 0 Å². The van der Waals surface area contributed by atoms with Crippen molar-refractivity contribution in [3.05, 3.63) is 29.8 Å². The number of Topliss-reactive ketones (excluding diaryl/α,β-unsaturated/α-hetero) is 1.